The Bertz CT molecular complexity index is 1120. The van der Waals surface area contributed by atoms with Crippen molar-refractivity contribution in [2.75, 3.05) is 36.2 Å². The predicted molar refractivity (Wildman–Crippen MR) is 168 cm³/mol. The quantitative estimate of drug-likeness (QED) is 0.406. The minimum atomic E-state index is -0.744. The SMILES string of the molecule is CC(C)(C)OC(=O)N1CSC[C@H]1C(=O)NC(CSCC1CCCCC1)C(=O)NC1CCN(C(=O)c2ccc(F)cc2)CC1. The Morgan fingerprint density at radius 3 is 2.37 bits per heavy atom. The lowest BCUT2D eigenvalue weighted by Crippen LogP contribution is -2.57. The van der Waals surface area contributed by atoms with Crippen LogP contribution in [-0.2, 0) is 14.3 Å². The van der Waals surface area contributed by atoms with E-state index in [0.29, 0.717) is 54.8 Å². The monoisotopic (exact) mass is 636 g/mol. The van der Waals surface area contributed by atoms with Crippen molar-refractivity contribution in [3.63, 3.8) is 0 Å². The zero-order valence-electron chi connectivity index (χ0n) is 25.4. The Balaban J connectivity index is 1.34. The maximum absolute atomic E-state index is 13.6. The molecule has 2 N–H and O–H groups in total. The molecule has 0 spiro atoms. The third kappa shape index (κ3) is 10.0. The number of benzene rings is 1. The maximum Gasteiger partial charge on any atom is 0.411 e. The number of thioether (sulfide) groups is 2. The van der Waals surface area contributed by atoms with E-state index in [1.165, 1.54) is 73.0 Å². The molecular weight excluding hydrogens is 591 g/mol. The van der Waals surface area contributed by atoms with Crippen molar-refractivity contribution in [1.29, 1.82) is 0 Å². The lowest BCUT2D eigenvalue weighted by molar-refractivity contribution is -0.131. The second-order valence-electron chi connectivity index (χ2n) is 12.7. The van der Waals surface area contributed by atoms with Crippen LogP contribution in [0.5, 0.6) is 0 Å². The minimum absolute atomic E-state index is 0.132. The van der Waals surface area contributed by atoms with E-state index < -0.39 is 23.8 Å². The first-order chi connectivity index (χ1) is 20.5. The van der Waals surface area contributed by atoms with E-state index in [1.807, 2.05) is 0 Å². The summed E-state index contributed by atoms with van der Waals surface area (Å²) in [5.41, 5.74) is -0.241. The van der Waals surface area contributed by atoms with Gasteiger partial charge in [-0.2, -0.15) is 11.8 Å². The predicted octanol–water partition coefficient (Wildman–Crippen LogP) is 4.65. The summed E-state index contributed by atoms with van der Waals surface area (Å²) >= 11 is 3.18. The molecule has 0 bridgehead atoms. The van der Waals surface area contributed by atoms with Gasteiger partial charge in [0, 0.05) is 36.2 Å². The Kier molecular flexibility index (Phi) is 12.0. The number of rotatable bonds is 9. The number of nitrogens with one attached hydrogen (secondary N) is 2. The number of piperidine rings is 1. The highest BCUT2D eigenvalue weighted by Gasteiger charge is 2.39. The molecule has 0 aromatic heterocycles. The molecule has 43 heavy (non-hydrogen) atoms. The lowest BCUT2D eigenvalue weighted by atomic mass is 9.91. The van der Waals surface area contributed by atoms with Gasteiger partial charge in [0.2, 0.25) is 11.8 Å². The summed E-state index contributed by atoms with van der Waals surface area (Å²) in [6.07, 6.45) is 6.81. The highest BCUT2D eigenvalue weighted by Crippen LogP contribution is 2.28. The third-order valence-corrected chi connectivity index (χ3v) is 10.3. The molecule has 1 aromatic carbocycles. The van der Waals surface area contributed by atoms with Gasteiger partial charge < -0.3 is 20.3 Å². The molecule has 1 saturated carbocycles. The number of hydrogen-bond acceptors (Lipinski definition) is 7. The van der Waals surface area contributed by atoms with Crippen LogP contribution in [0.15, 0.2) is 24.3 Å². The standard InChI is InChI=1S/C31H45FN4O5S2/c1-31(2,3)41-30(40)36-20-43-19-26(36)28(38)34-25(18-42-17-21-7-5-4-6-8-21)27(37)33-24-13-15-35(16-14-24)29(39)22-9-11-23(32)12-10-22/h9-12,21,24-26H,4-8,13-20H2,1-3H3,(H,33,37)(H,34,38)/t25?,26-/m0/s1. The molecule has 1 aromatic rings. The molecule has 2 heterocycles. The second kappa shape index (κ2) is 15.5. The first-order valence-electron chi connectivity index (χ1n) is 15.3. The highest BCUT2D eigenvalue weighted by atomic mass is 32.2. The van der Waals surface area contributed by atoms with Crippen LogP contribution in [0.25, 0.3) is 0 Å². The summed E-state index contributed by atoms with van der Waals surface area (Å²) in [4.78, 5) is 55.7. The van der Waals surface area contributed by atoms with Gasteiger partial charge in [0.25, 0.3) is 5.91 Å². The maximum atomic E-state index is 13.6. The van der Waals surface area contributed by atoms with Gasteiger partial charge in [-0.3, -0.25) is 19.3 Å². The molecule has 238 valence electrons. The number of nitrogens with zero attached hydrogens (tertiary/aromatic N) is 2. The Morgan fingerprint density at radius 1 is 1.05 bits per heavy atom. The normalized spacial score (nSPS) is 20.9. The van der Waals surface area contributed by atoms with Crippen LogP contribution >= 0.6 is 23.5 Å². The molecule has 1 unspecified atom stereocenters. The van der Waals surface area contributed by atoms with E-state index in [2.05, 4.69) is 10.6 Å². The molecule has 3 aliphatic rings. The number of ether oxygens (including phenoxy) is 1. The number of likely N-dealkylation sites (tertiary alicyclic amines) is 1. The zero-order valence-corrected chi connectivity index (χ0v) is 27.1. The van der Waals surface area contributed by atoms with Gasteiger partial charge in [-0.15, -0.1) is 11.8 Å². The number of carbonyl (C=O) groups excluding carboxylic acids is 4. The van der Waals surface area contributed by atoms with Gasteiger partial charge in [0.15, 0.2) is 0 Å². The average molecular weight is 637 g/mol. The van der Waals surface area contributed by atoms with Gasteiger partial charge in [0.1, 0.15) is 23.5 Å². The van der Waals surface area contributed by atoms with Crippen molar-refractivity contribution in [3.8, 4) is 0 Å². The minimum Gasteiger partial charge on any atom is -0.444 e. The van der Waals surface area contributed by atoms with Gasteiger partial charge >= 0.3 is 6.09 Å². The first-order valence-corrected chi connectivity index (χ1v) is 17.6. The largest absolute Gasteiger partial charge is 0.444 e. The van der Waals surface area contributed by atoms with Gasteiger partial charge in [-0.1, -0.05) is 19.3 Å². The Labute approximate surface area is 262 Å². The molecule has 2 saturated heterocycles. The molecule has 3 fully saturated rings. The summed E-state index contributed by atoms with van der Waals surface area (Å²) in [6.45, 7) is 6.31. The molecule has 2 atom stereocenters. The lowest BCUT2D eigenvalue weighted by Gasteiger charge is -2.33. The van der Waals surface area contributed by atoms with E-state index in [9.17, 15) is 23.6 Å². The van der Waals surface area contributed by atoms with Crippen molar-refractivity contribution in [2.45, 2.75) is 89.4 Å². The van der Waals surface area contributed by atoms with E-state index in [1.54, 1.807) is 37.4 Å². The molecular formula is C31H45FN4O5S2. The molecule has 0 radical (unpaired) electrons. The molecule has 9 nitrogen and oxygen atoms in total. The number of amides is 4. The zero-order chi connectivity index (χ0) is 31.0. The fourth-order valence-corrected chi connectivity index (χ4v) is 8.04. The van der Waals surface area contributed by atoms with E-state index in [-0.39, 0.29) is 29.6 Å². The fraction of sp³-hybridized carbons (Fsp3) is 0.677. The van der Waals surface area contributed by atoms with Gasteiger partial charge in [-0.25, -0.2) is 9.18 Å². The van der Waals surface area contributed by atoms with Crippen LogP contribution in [0.1, 0.15) is 76.1 Å². The van der Waals surface area contributed by atoms with Crippen LogP contribution in [0, 0.1) is 11.7 Å². The molecule has 4 rings (SSSR count). The van der Waals surface area contributed by atoms with Crippen molar-refractivity contribution < 1.29 is 28.3 Å². The highest BCUT2D eigenvalue weighted by molar-refractivity contribution is 7.99. The molecule has 12 heteroatoms. The topological polar surface area (TPSA) is 108 Å². The number of halogens is 1. The van der Waals surface area contributed by atoms with Crippen LogP contribution in [0.3, 0.4) is 0 Å². The molecule has 1 aliphatic carbocycles. The third-order valence-electron chi connectivity index (χ3n) is 8.03. The van der Waals surface area contributed by atoms with Crippen molar-refractivity contribution in [1.82, 2.24) is 20.4 Å². The first kappa shape index (κ1) is 33.4. The van der Waals surface area contributed by atoms with Gasteiger partial charge in [-0.05, 0) is 82.4 Å². The molecule has 2 aliphatic heterocycles. The van der Waals surface area contributed by atoms with E-state index in [0.717, 1.165) is 5.75 Å². The fourth-order valence-electron chi connectivity index (χ4n) is 5.62. The van der Waals surface area contributed by atoms with Crippen molar-refractivity contribution >= 4 is 47.3 Å². The summed E-state index contributed by atoms with van der Waals surface area (Å²) in [7, 11) is 0. The van der Waals surface area contributed by atoms with Gasteiger partial charge in [0.05, 0.1) is 5.88 Å². The van der Waals surface area contributed by atoms with Crippen LogP contribution in [0.4, 0.5) is 9.18 Å². The Morgan fingerprint density at radius 2 is 1.72 bits per heavy atom. The summed E-state index contributed by atoms with van der Waals surface area (Å²) in [6, 6.07) is 3.93. The summed E-state index contributed by atoms with van der Waals surface area (Å²) < 4.78 is 18.8. The van der Waals surface area contributed by atoms with E-state index in [4.69, 9.17) is 4.74 Å². The summed E-state index contributed by atoms with van der Waals surface area (Å²) in [5, 5.41) is 6.07. The second-order valence-corrected chi connectivity index (χ2v) is 14.7. The van der Waals surface area contributed by atoms with E-state index >= 15 is 0 Å². The summed E-state index contributed by atoms with van der Waals surface area (Å²) in [5.74, 6) is 1.69. The molecule has 4 amide bonds. The Hall–Kier alpha value is -2.47. The van der Waals surface area contributed by atoms with Crippen LogP contribution < -0.4 is 10.6 Å². The number of hydrogen-bond donors (Lipinski definition) is 2. The van der Waals surface area contributed by atoms with Crippen LogP contribution in [-0.4, -0.2) is 93.6 Å². The smallest absolute Gasteiger partial charge is 0.411 e. The van der Waals surface area contributed by atoms with Crippen molar-refractivity contribution in [3.05, 3.63) is 35.6 Å². The van der Waals surface area contributed by atoms with Crippen molar-refractivity contribution in [2.24, 2.45) is 5.92 Å². The average Bonchev–Trinajstić information content (AvgIpc) is 3.47. The number of carbonyl (C=O) groups is 4. The van der Waals surface area contributed by atoms with Crippen LogP contribution in [0.2, 0.25) is 0 Å².